The second-order valence-corrected chi connectivity index (χ2v) is 4.71. The van der Waals surface area contributed by atoms with Crippen LogP contribution in [0.2, 0.25) is 5.28 Å². The molecule has 0 unspecified atom stereocenters. The van der Waals surface area contributed by atoms with Crippen LogP contribution in [0.5, 0.6) is 0 Å². The summed E-state index contributed by atoms with van der Waals surface area (Å²) >= 11 is 5.98. The average Bonchev–Trinajstić information content (AvgIpc) is 2.77. The molecule has 0 aliphatic rings. The van der Waals surface area contributed by atoms with E-state index in [4.69, 9.17) is 16.9 Å². The lowest BCUT2D eigenvalue weighted by Gasteiger charge is -2.05. The molecule has 21 heavy (non-hydrogen) atoms. The number of aromatic nitrogens is 3. The molecule has 2 heterocycles. The van der Waals surface area contributed by atoms with E-state index in [2.05, 4.69) is 9.97 Å². The zero-order valence-electron chi connectivity index (χ0n) is 10.5. The third kappa shape index (κ3) is 2.43. The number of rotatable bonds is 2. The van der Waals surface area contributed by atoms with Gasteiger partial charge in [0.2, 0.25) is 5.28 Å². The zero-order valence-corrected chi connectivity index (χ0v) is 11.3. The Bertz CT molecular complexity index is 865. The second kappa shape index (κ2) is 5.11. The molecule has 3 aromatic rings. The molecule has 0 aliphatic carbocycles. The minimum atomic E-state index is -0.765. The van der Waals surface area contributed by atoms with E-state index in [1.807, 2.05) is 6.07 Å². The molecule has 0 atom stereocenters. The van der Waals surface area contributed by atoms with Crippen LogP contribution in [0.1, 0.15) is 11.3 Å². The van der Waals surface area contributed by atoms with Gasteiger partial charge >= 0.3 is 0 Å². The standard InChI is InChI=1S/C14H7ClF2N4/c15-14-20-13-11(17)3-9(16)4-12(13)21(14)7-10-2-1-8(5-18)6-19-10/h1-4,6H,7H2. The van der Waals surface area contributed by atoms with Gasteiger partial charge in [-0.2, -0.15) is 5.26 Å². The van der Waals surface area contributed by atoms with Gasteiger partial charge in [-0.25, -0.2) is 13.8 Å². The van der Waals surface area contributed by atoms with Gasteiger partial charge in [-0.05, 0) is 23.7 Å². The first-order valence-corrected chi connectivity index (χ1v) is 6.32. The summed E-state index contributed by atoms with van der Waals surface area (Å²) in [5.41, 5.74) is 1.29. The maximum Gasteiger partial charge on any atom is 0.204 e. The number of nitriles is 1. The van der Waals surface area contributed by atoms with Gasteiger partial charge in [-0.3, -0.25) is 4.98 Å². The molecule has 0 bridgehead atoms. The van der Waals surface area contributed by atoms with Crippen molar-refractivity contribution in [1.29, 1.82) is 5.26 Å². The molecule has 2 aromatic heterocycles. The van der Waals surface area contributed by atoms with Gasteiger partial charge in [0, 0.05) is 18.3 Å². The number of hydrogen-bond donors (Lipinski definition) is 0. The molecule has 3 rings (SSSR count). The van der Waals surface area contributed by atoms with Crippen LogP contribution in [0.4, 0.5) is 8.78 Å². The Morgan fingerprint density at radius 2 is 2.10 bits per heavy atom. The Labute approximate surface area is 123 Å². The summed E-state index contributed by atoms with van der Waals surface area (Å²) in [7, 11) is 0. The molecule has 0 aliphatic heterocycles. The highest BCUT2D eigenvalue weighted by molar-refractivity contribution is 6.29. The first-order chi connectivity index (χ1) is 10.1. The van der Waals surface area contributed by atoms with Gasteiger partial charge in [0.05, 0.1) is 23.3 Å². The van der Waals surface area contributed by atoms with Crippen LogP contribution >= 0.6 is 11.6 Å². The minimum Gasteiger partial charge on any atom is -0.308 e. The maximum atomic E-state index is 13.7. The van der Waals surface area contributed by atoms with E-state index in [1.165, 1.54) is 16.8 Å². The first-order valence-electron chi connectivity index (χ1n) is 5.94. The van der Waals surface area contributed by atoms with Crippen LogP contribution in [0, 0.1) is 23.0 Å². The minimum absolute atomic E-state index is 0.00930. The summed E-state index contributed by atoms with van der Waals surface area (Å²) in [5, 5.41) is 8.76. The van der Waals surface area contributed by atoms with Gasteiger partial charge in [-0.1, -0.05) is 0 Å². The highest BCUT2D eigenvalue weighted by atomic mass is 35.5. The predicted molar refractivity (Wildman–Crippen MR) is 72.7 cm³/mol. The molecule has 0 saturated carbocycles. The SMILES string of the molecule is N#Cc1ccc(Cn2c(Cl)nc3c(F)cc(F)cc32)nc1. The van der Waals surface area contributed by atoms with Crippen molar-refractivity contribution < 1.29 is 8.78 Å². The zero-order chi connectivity index (χ0) is 15.0. The summed E-state index contributed by atoms with van der Waals surface area (Å²) in [6.45, 7) is 0.198. The average molecular weight is 305 g/mol. The Morgan fingerprint density at radius 3 is 2.76 bits per heavy atom. The second-order valence-electron chi connectivity index (χ2n) is 4.37. The molecule has 0 amide bonds. The van der Waals surface area contributed by atoms with E-state index in [-0.39, 0.29) is 22.9 Å². The number of fused-ring (bicyclic) bond motifs is 1. The molecule has 104 valence electrons. The van der Waals surface area contributed by atoms with E-state index in [1.54, 1.807) is 12.1 Å². The number of benzene rings is 1. The summed E-state index contributed by atoms with van der Waals surface area (Å²) in [6, 6.07) is 7.15. The van der Waals surface area contributed by atoms with Crippen molar-refractivity contribution in [2.75, 3.05) is 0 Å². The molecule has 0 fully saturated rings. The van der Waals surface area contributed by atoms with Crippen LogP contribution in [-0.4, -0.2) is 14.5 Å². The number of nitrogens with zero attached hydrogens (tertiary/aromatic N) is 4. The van der Waals surface area contributed by atoms with Crippen molar-refractivity contribution in [1.82, 2.24) is 14.5 Å². The van der Waals surface area contributed by atoms with Gasteiger partial charge in [-0.15, -0.1) is 0 Å². The number of pyridine rings is 1. The molecule has 4 nitrogen and oxygen atoms in total. The fourth-order valence-electron chi connectivity index (χ4n) is 2.02. The lowest BCUT2D eigenvalue weighted by atomic mass is 10.2. The van der Waals surface area contributed by atoms with Crippen molar-refractivity contribution in [2.24, 2.45) is 0 Å². The van der Waals surface area contributed by atoms with Crippen LogP contribution in [-0.2, 0) is 6.54 Å². The fraction of sp³-hybridized carbons (Fsp3) is 0.0714. The summed E-state index contributed by atoms with van der Waals surface area (Å²) in [5.74, 6) is -1.47. The topological polar surface area (TPSA) is 54.5 Å². The lowest BCUT2D eigenvalue weighted by Crippen LogP contribution is -2.02. The molecular formula is C14H7ClF2N4. The third-order valence-corrected chi connectivity index (χ3v) is 3.29. The quantitative estimate of drug-likeness (QED) is 0.730. The monoisotopic (exact) mass is 304 g/mol. The molecule has 0 radical (unpaired) electrons. The molecule has 1 aromatic carbocycles. The molecular weight excluding hydrogens is 298 g/mol. The summed E-state index contributed by atoms with van der Waals surface area (Å²) < 4.78 is 28.5. The summed E-state index contributed by atoms with van der Waals surface area (Å²) in [6.07, 6.45) is 1.42. The fourth-order valence-corrected chi connectivity index (χ4v) is 2.25. The van der Waals surface area contributed by atoms with Gasteiger partial charge in [0.15, 0.2) is 5.82 Å². The van der Waals surface area contributed by atoms with E-state index >= 15 is 0 Å². The third-order valence-electron chi connectivity index (χ3n) is 3.00. The lowest BCUT2D eigenvalue weighted by molar-refractivity contribution is 0.590. The van der Waals surface area contributed by atoms with Crippen molar-refractivity contribution in [3.63, 3.8) is 0 Å². The van der Waals surface area contributed by atoms with Gasteiger partial charge in [0.25, 0.3) is 0 Å². The van der Waals surface area contributed by atoms with Crippen LogP contribution in [0.3, 0.4) is 0 Å². The van der Waals surface area contributed by atoms with Crippen LogP contribution in [0.15, 0.2) is 30.5 Å². The van der Waals surface area contributed by atoms with E-state index in [9.17, 15) is 8.78 Å². The van der Waals surface area contributed by atoms with Gasteiger partial charge in [0.1, 0.15) is 17.4 Å². The normalized spacial score (nSPS) is 10.8. The molecule has 7 heteroatoms. The summed E-state index contributed by atoms with van der Waals surface area (Å²) in [4.78, 5) is 7.99. The van der Waals surface area contributed by atoms with Crippen molar-refractivity contribution in [2.45, 2.75) is 6.54 Å². The number of imidazole rings is 1. The molecule has 0 N–H and O–H groups in total. The first kappa shape index (κ1) is 13.5. The maximum absolute atomic E-state index is 13.7. The Balaban J connectivity index is 2.07. The van der Waals surface area contributed by atoms with Crippen molar-refractivity contribution in [3.05, 3.63) is 58.6 Å². The highest BCUT2D eigenvalue weighted by Gasteiger charge is 2.15. The van der Waals surface area contributed by atoms with Gasteiger partial charge < -0.3 is 4.57 Å². The Morgan fingerprint density at radius 1 is 1.29 bits per heavy atom. The van der Waals surface area contributed by atoms with E-state index in [0.717, 1.165) is 6.07 Å². The van der Waals surface area contributed by atoms with Crippen LogP contribution < -0.4 is 0 Å². The van der Waals surface area contributed by atoms with Crippen molar-refractivity contribution in [3.8, 4) is 6.07 Å². The largest absolute Gasteiger partial charge is 0.308 e. The number of halogens is 3. The smallest absolute Gasteiger partial charge is 0.204 e. The van der Waals surface area contributed by atoms with E-state index < -0.39 is 11.6 Å². The Hall–Kier alpha value is -2.52. The van der Waals surface area contributed by atoms with Crippen LogP contribution in [0.25, 0.3) is 11.0 Å². The van der Waals surface area contributed by atoms with E-state index in [0.29, 0.717) is 11.3 Å². The number of hydrogen-bond acceptors (Lipinski definition) is 3. The predicted octanol–water partition coefficient (Wildman–Crippen LogP) is 3.28. The highest BCUT2D eigenvalue weighted by Crippen LogP contribution is 2.24. The van der Waals surface area contributed by atoms with Crippen molar-refractivity contribution >= 4 is 22.6 Å². The Kier molecular flexibility index (Phi) is 3.28. The molecule has 0 saturated heterocycles. The molecule has 0 spiro atoms.